The molecule has 2 fully saturated rings. The molecular weight excluding hydrogens is 340 g/mol. The number of anilines is 2. The number of hydrogen-bond acceptors (Lipinski definition) is 6. The first-order valence-electron chi connectivity index (χ1n) is 9.56. The summed E-state index contributed by atoms with van der Waals surface area (Å²) in [5.41, 5.74) is 7.39. The monoisotopic (exact) mass is 366 g/mol. The lowest BCUT2D eigenvalue weighted by molar-refractivity contribution is 0.378. The molecule has 0 spiro atoms. The number of guanidine groups is 1. The molecule has 2 N–H and O–H groups in total. The molecule has 4 heterocycles. The Kier molecular flexibility index (Phi) is 5.32. The second-order valence-electron chi connectivity index (χ2n) is 6.91. The Balaban J connectivity index is 1.33. The van der Waals surface area contributed by atoms with Gasteiger partial charge in [-0.05, 0) is 36.6 Å². The van der Waals surface area contributed by atoms with E-state index in [0.717, 1.165) is 56.6 Å². The first kappa shape index (κ1) is 17.5. The van der Waals surface area contributed by atoms with Crippen molar-refractivity contribution in [3.05, 3.63) is 42.4 Å². The van der Waals surface area contributed by atoms with Crippen LogP contribution in [-0.2, 0) is 6.54 Å². The number of nitrogens with zero attached hydrogens (tertiary/aromatic N) is 7. The minimum atomic E-state index is 0.581. The maximum absolute atomic E-state index is 6.24. The molecule has 2 aromatic rings. The third kappa shape index (κ3) is 4.27. The highest BCUT2D eigenvalue weighted by Crippen LogP contribution is 2.19. The van der Waals surface area contributed by atoms with Gasteiger partial charge in [0.2, 0.25) is 5.95 Å². The van der Waals surface area contributed by atoms with E-state index in [1.807, 2.05) is 18.3 Å². The number of aliphatic imine (C=N–C) groups is 1. The average molecular weight is 366 g/mol. The van der Waals surface area contributed by atoms with E-state index in [2.05, 4.69) is 40.7 Å². The molecule has 2 aromatic heterocycles. The third-order valence-electron chi connectivity index (χ3n) is 5.10. The van der Waals surface area contributed by atoms with Crippen LogP contribution in [0.25, 0.3) is 0 Å². The number of piperazine rings is 1. The van der Waals surface area contributed by atoms with Crippen molar-refractivity contribution in [1.29, 1.82) is 0 Å². The fourth-order valence-electron chi connectivity index (χ4n) is 3.54. The zero-order chi connectivity index (χ0) is 18.5. The van der Waals surface area contributed by atoms with E-state index in [9.17, 15) is 0 Å². The standard InChI is InChI=1S/C19H26N8/c20-18(26-10-12-27(13-11-26)19-22-5-3-6-23-19)24-15-16-4-7-21-17(14-16)25-8-1-2-9-25/h3-7,14H,1-2,8-13,15H2,(H2,20,24). The Morgan fingerprint density at radius 1 is 0.926 bits per heavy atom. The first-order valence-corrected chi connectivity index (χ1v) is 9.56. The van der Waals surface area contributed by atoms with Crippen molar-refractivity contribution in [2.45, 2.75) is 19.4 Å². The van der Waals surface area contributed by atoms with E-state index >= 15 is 0 Å². The summed E-state index contributed by atoms with van der Waals surface area (Å²) < 4.78 is 0. The van der Waals surface area contributed by atoms with Gasteiger partial charge in [-0.3, -0.25) is 0 Å². The van der Waals surface area contributed by atoms with Gasteiger partial charge in [-0.2, -0.15) is 0 Å². The lowest BCUT2D eigenvalue weighted by Gasteiger charge is -2.35. The molecule has 4 rings (SSSR count). The summed E-state index contributed by atoms with van der Waals surface area (Å²) >= 11 is 0. The molecule has 0 amide bonds. The normalized spacial score (nSPS) is 18.2. The second kappa shape index (κ2) is 8.20. The number of aromatic nitrogens is 3. The highest BCUT2D eigenvalue weighted by Gasteiger charge is 2.20. The van der Waals surface area contributed by atoms with Gasteiger partial charge in [0.15, 0.2) is 5.96 Å². The molecule has 0 saturated carbocycles. The molecule has 8 nitrogen and oxygen atoms in total. The topological polar surface area (TPSA) is 86.8 Å². The summed E-state index contributed by atoms with van der Waals surface area (Å²) in [6.45, 7) is 6.10. The van der Waals surface area contributed by atoms with Crippen molar-refractivity contribution >= 4 is 17.7 Å². The van der Waals surface area contributed by atoms with Gasteiger partial charge in [0.1, 0.15) is 5.82 Å². The summed E-state index contributed by atoms with van der Waals surface area (Å²) in [6.07, 6.45) is 7.91. The Bertz CT molecular complexity index is 764. The predicted molar refractivity (Wildman–Crippen MR) is 107 cm³/mol. The molecule has 2 aliphatic heterocycles. The van der Waals surface area contributed by atoms with Crippen molar-refractivity contribution in [2.24, 2.45) is 10.7 Å². The first-order chi connectivity index (χ1) is 13.3. The number of hydrogen-bond donors (Lipinski definition) is 1. The van der Waals surface area contributed by atoms with Gasteiger partial charge in [0.05, 0.1) is 6.54 Å². The van der Waals surface area contributed by atoms with Crippen LogP contribution >= 0.6 is 0 Å². The molecular formula is C19H26N8. The summed E-state index contributed by atoms with van der Waals surface area (Å²) in [7, 11) is 0. The van der Waals surface area contributed by atoms with E-state index in [-0.39, 0.29) is 0 Å². The Labute approximate surface area is 159 Å². The van der Waals surface area contributed by atoms with E-state index in [1.165, 1.54) is 12.8 Å². The molecule has 0 radical (unpaired) electrons. The van der Waals surface area contributed by atoms with Crippen LogP contribution in [0.3, 0.4) is 0 Å². The Morgan fingerprint density at radius 2 is 1.67 bits per heavy atom. The predicted octanol–water partition coefficient (Wildman–Crippen LogP) is 1.11. The van der Waals surface area contributed by atoms with Gasteiger partial charge >= 0.3 is 0 Å². The van der Waals surface area contributed by atoms with Crippen LogP contribution in [-0.4, -0.2) is 65.1 Å². The molecule has 0 unspecified atom stereocenters. The summed E-state index contributed by atoms with van der Waals surface area (Å²) in [5, 5.41) is 0. The van der Waals surface area contributed by atoms with Crippen LogP contribution in [0.15, 0.2) is 41.8 Å². The minimum Gasteiger partial charge on any atom is -0.370 e. The quantitative estimate of drug-likeness (QED) is 0.641. The van der Waals surface area contributed by atoms with Crippen molar-refractivity contribution in [1.82, 2.24) is 19.9 Å². The summed E-state index contributed by atoms with van der Waals surface area (Å²) in [5.74, 6) is 2.43. The third-order valence-corrected chi connectivity index (χ3v) is 5.10. The van der Waals surface area contributed by atoms with Gasteiger partial charge < -0.3 is 20.4 Å². The maximum Gasteiger partial charge on any atom is 0.225 e. The summed E-state index contributed by atoms with van der Waals surface area (Å²) in [4.78, 5) is 24.4. The van der Waals surface area contributed by atoms with Crippen LogP contribution < -0.4 is 15.5 Å². The van der Waals surface area contributed by atoms with E-state index < -0.39 is 0 Å². The van der Waals surface area contributed by atoms with Gasteiger partial charge in [0.25, 0.3) is 0 Å². The van der Waals surface area contributed by atoms with Gasteiger partial charge in [-0.25, -0.2) is 19.9 Å². The van der Waals surface area contributed by atoms with Crippen LogP contribution in [0.4, 0.5) is 11.8 Å². The van der Waals surface area contributed by atoms with Gasteiger partial charge in [-0.15, -0.1) is 0 Å². The second-order valence-corrected chi connectivity index (χ2v) is 6.91. The fraction of sp³-hybridized carbons (Fsp3) is 0.474. The van der Waals surface area contributed by atoms with Crippen LogP contribution in [0.5, 0.6) is 0 Å². The summed E-state index contributed by atoms with van der Waals surface area (Å²) in [6, 6.07) is 5.98. The highest BCUT2D eigenvalue weighted by molar-refractivity contribution is 5.78. The largest absolute Gasteiger partial charge is 0.370 e. The van der Waals surface area contributed by atoms with E-state index in [0.29, 0.717) is 12.5 Å². The highest BCUT2D eigenvalue weighted by atomic mass is 15.4. The zero-order valence-corrected chi connectivity index (χ0v) is 15.5. The van der Waals surface area contributed by atoms with Crippen molar-refractivity contribution in [2.75, 3.05) is 49.1 Å². The lowest BCUT2D eigenvalue weighted by atomic mass is 10.2. The SMILES string of the molecule is NC(=NCc1ccnc(N2CCCC2)c1)N1CCN(c2ncccn2)CC1. The molecule has 27 heavy (non-hydrogen) atoms. The molecule has 8 heteroatoms. The number of nitrogens with two attached hydrogens (primary N) is 1. The molecule has 2 aliphatic rings. The number of rotatable bonds is 4. The van der Waals surface area contributed by atoms with E-state index in [1.54, 1.807) is 12.4 Å². The molecule has 0 bridgehead atoms. The lowest BCUT2D eigenvalue weighted by Crippen LogP contribution is -2.51. The van der Waals surface area contributed by atoms with E-state index in [4.69, 9.17) is 5.73 Å². The Morgan fingerprint density at radius 3 is 2.41 bits per heavy atom. The molecule has 142 valence electrons. The molecule has 2 saturated heterocycles. The average Bonchev–Trinajstić information content (AvgIpc) is 3.28. The van der Waals surface area contributed by atoms with Crippen LogP contribution in [0.2, 0.25) is 0 Å². The molecule has 0 atom stereocenters. The molecule has 0 aromatic carbocycles. The van der Waals surface area contributed by atoms with Crippen molar-refractivity contribution in [3.63, 3.8) is 0 Å². The zero-order valence-electron chi connectivity index (χ0n) is 15.5. The van der Waals surface area contributed by atoms with Crippen LogP contribution in [0, 0.1) is 0 Å². The van der Waals surface area contributed by atoms with Gasteiger partial charge in [-0.1, -0.05) is 0 Å². The Hall–Kier alpha value is -2.90. The minimum absolute atomic E-state index is 0.581. The number of pyridine rings is 1. The molecule has 0 aliphatic carbocycles. The smallest absolute Gasteiger partial charge is 0.225 e. The van der Waals surface area contributed by atoms with Crippen molar-refractivity contribution < 1.29 is 0 Å². The fourth-order valence-corrected chi connectivity index (χ4v) is 3.54. The van der Waals surface area contributed by atoms with Crippen molar-refractivity contribution in [3.8, 4) is 0 Å². The van der Waals surface area contributed by atoms with Gasteiger partial charge in [0, 0.05) is 57.9 Å². The van der Waals surface area contributed by atoms with Crippen LogP contribution in [0.1, 0.15) is 18.4 Å². The maximum atomic E-state index is 6.24.